The van der Waals surface area contributed by atoms with Gasteiger partial charge in [0.05, 0.1) is 25.9 Å². The summed E-state index contributed by atoms with van der Waals surface area (Å²) < 4.78 is 19.1. The quantitative estimate of drug-likeness (QED) is 0.788. The van der Waals surface area contributed by atoms with E-state index in [1.807, 2.05) is 0 Å². The summed E-state index contributed by atoms with van der Waals surface area (Å²) >= 11 is 0. The minimum Gasteiger partial charge on any atom is -0.394 e. The highest BCUT2D eigenvalue weighted by Crippen LogP contribution is 2.21. The van der Waals surface area contributed by atoms with Gasteiger partial charge in [-0.25, -0.2) is 9.37 Å². The van der Waals surface area contributed by atoms with Crippen molar-refractivity contribution in [1.82, 2.24) is 9.97 Å². The Morgan fingerprint density at radius 1 is 1.61 bits per heavy atom. The number of rotatable bonds is 4. The zero-order chi connectivity index (χ0) is 13.0. The third-order valence-electron chi connectivity index (χ3n) is 2.85. The van der Waals surface area contributed by atoms with Crippen LogP contribution in [-0.4, -0.2) is 53.7 Å². The van der Waals surface area contributed by atoms with Gasteiger partial charge in [-0.15, -0.1) is 0 Å². The van der Waals surface area contributed by atoms with Crippen LogP contribution in [0.15, 0.2) is 12.3 Å². The van der Waals surface area contributed by atoms with Crippen molar-refractivity contribution in [2.45, 2.75) is 18.7 Å². The van der Waals surface area contributed by atoms with Crippen molar-refractivity contribution < 1.29 is 14.2 Å². The van der Waals surface area contributed by atoms with Crippen molar-refractivity contribution in [3.05, 3.63) is 12.3 Å². The molecule has 1 aliphatic heterocycles. The molecule has 0 aliphatic carbocycles. The largest absolute Gasteiger partial charge is 0.394 e. The summed E-state index contributed by atoms with van der Waals surface area (Å²) in [7, 11) is 0. The summed E-state index contributed by atoms with van der Waals surface area (Å²) in [6.45, 7) is 0.866. The molecule has 100 valence electrons. The molecule has 2 unspecified atom stereocenters. The van der Waals surface area contributed by atoms with Gasteiger partial charge in [-0.2, -0.15) is 4.98 Å². The number of halogens is 1. The van der Waals surface area contributed by atoms with Crippen molar-refractivity contribution in [2.24, 2.45) is 0 Å². The topological polar surface area (TPSA) is 84.5 Å². The van der Waals surface area contributed by atoms with Crippen molar-refractivity contribution in [3.63, 3.8) is 0 Å². The van der Waals surface area contributed by atoms with Gasteiger partial charge >= 0.3 is 0 Å². The Bertz CT molecular complexity index is 393. The van der Waals surface area contributed by atoms with Crippen LogP contribution in [0.4, 0.5) is 16.2 Å². The van der Waals surface area contributed by atoms with Crippen molar-refractivity contribution in [2.75, 3.05) is 36.9 Å². The summed E-state index contributed by atoms with van der Waals surface area (Å²) in [5, 5.41) is 8.65. The van der Waals surface area contributed by atoms with E-state index in [-0.39, 0.29) is 19.8 Å². The Labute approximate surface area is 105 Å². The molecule has 2 atom stereocenters. The van der Waals surface area contributed by atoms with E-state index in [1.54, 1.807) is 17.2 Å². The lowest BCUT2D eigenvalue weighted by molar-refractivity contribution is -0.0262. The van der Waals surface area contributed by atoms with Gasteiger partial charge in [0.15, 0.2) is 0 Å². The Hall–Kier alpha value is -1.47. The fourth-order valence-electron chi connectivity index (χ4n) is 1.97. The van der Waals surface area contributed by atoms with E-state index in [4.69, 9.17) is 15.6 Å². The molecule has 1 aliphatic rings. The van der Waals surface area contributed by atoms with Crippen LogP contribution in [0.25, 0.3) is 0 Å². The number of aliphatic hydroxyl groups is 1. The van der Waals surface area contributed by atoms with Crippen LogP contribution in [0.2, 0.25) is 0 Å². The molecule has 0 radical (unpaired) electrons. The molecule has 0 amide bonds. The van der Waals surface area contributed by atoms with Gasteiger partial charge in [0.25, 0.3) is 0 Å². The summed E-state index contributed by atoms with van der Waals surface area (Å²) in [4.78, 5) is 9.89. The van der Waals surface area contributed by atoms with Gasteiger partial charge in [-0.3, -0.25) is 0 Å². The molecule has 18 heavy (non-hydrogen) atoms. The summed E-state index contributed by atoms with van der Waals surface area (Å²) in [6.07, 6.45) is 0.517. The van der Waals surface area contributed by atoms with Crippen LogP contribution >= 0.6 is 0 Å². The molecule has 1 aromatic heterocycles. The van der Waals surface area contributed by atoms with E-state index >= 15 is 0 Å². The fraction of sp³-hybridized carbons (Fsp3) is 0.636. The standard InChI is InChI=1S/C11H17FN4O2/c12-8-7-16(4-2-9(8)18-6-5-17)11-14-3-1-10(13)15-11/h1,3,8-9,17H,2,4-7H2,(H2,13,14,15). The van der Waals surface area contributed by atoms with Gasteiger partial charge < -0.3 is 20.5 Å². The predicted octanol–water partition coefficient (Wildman–Crippen LogP) is -0.0155. The Morgan fingerprint density at radius 2 is 2.44 bits per heavy atom. The smallest absolute Gasteiger partial charge is 0.227 e. The summed E-state index contributed by atoms with van der Waals surface area (Å²) in [5.41, 5.74) is 5.57. The SMILES string of the molecule is Nc1ccnc(N2CCC(OCCO)C(F)C2)n1. The van der Waals surface area contributed by atoms with Gasteiger partial charge in [-0.05, 0) is 12.5 Å². The lowest BCUT2D eigenvalue weighted by Gasteiger charge is -2.34. The molecule has 0 saturated carbocycles. The highest BCUT2D eigenvalue weighted by atomic mass is 19.1. The second-order valence-corrected chi connectivity index (χ2v) is 4.17. The maximum absolute atomic E-state index is 13.9. The Balaban J connectivity index is 1.95. The first kappa shape index (κ1) is 13.0. The van der Waals surface area contributed by atoms with E-state index in [2.05, 4.69) is 9.97 Å². The number of nitrogens with zero attached hydrogens (tertiary/aromatic N) is 3. The monoisotopic (exact) mass is 256 g/mol. The zero-order valence-corrected chi connectivity index (χ0v) is 10.00. The van der Waals surface area contributed by atoms with Crippen LogP contribution < -0.4 is 10.6 Å². The van der Waals surface area contributed by atoms with Gasteiger partial charge in [0.2, 0.25) is 5.95 Å². The van der Waals surface area contributed by atoms with Crippen LogP contribution in [0.5, 0.6) is 0 Å². The van der Waals surface area contributed by atoms with Gasteiger partial charge in [0.1, 0.15) is 12.0 Å². The first-order valence-corrected chi connectivity index (χ1v) is 5.90. The van der Waals surface area contributed by atoms with Crippen LogP contribution in [0.3, 0.4) is 0 Å². The van der Waals surface area contributed by atoms with E-state index in [1.165, 1.54) is 0 Å². The number of anilines is 2. The first-order chi connectivity index (χ1) is 8.70. The molecule has 6 nitrogen and oxygen atoms in total. The minimum atomic E-state index is -1.12. The molecule has 0 bridgehead atoms. The number of aliphatic hydroxyl groups excluding tert-OH is 1. The Kier molecular flexibility index (Phi) is 4.27. The maximum Gasteiger partial charge on any atom is 0.227 e. The number of hydrogen-bond donors (Lipinski definition) is 2. The molecule has 3 N–H and O–H groups in total. The molecule has 0 spiro atoms. The fourth-order valence-corrected chi connectivity index (χ4v) is 1.97. The third-order valence-corrected chi connectivity index (χ3v) is 2.85. The molecule has 1 fully saturated rings. The van der Waals surface area contributed by atoms with Crippen molar-refractivity contribution >= 4 is 11.8 Å². The van der Waals surface area contributed by atoms with Gasteiger partial charge in [-0.1, -0.05) is 0 Å². The van der Waals surface area contributed by atoms with E-state index < -0.39 is 12.3 Å². The second kappa shape index (κ2) is 5.92. The molecular formula is C11H17FN4O2. The van der Waals surface area contributed by atoms with Crippen LogP contribution in [-0.2, 0) is 4.74 Å². The van der Waals surface area contributed by atoms with Crippen molar-refractivity contribution in [3.8, 4) is 0 Å². The molecule has 1 saturated heterocycles. The number of aromatic nitrogens is 2. The normalized spacial score (nSPS) is 24.2. The molecule has 2 rings (SSSR count). The third kappa shape index (κ3) is 3.05. The van der Waals surface area contributed by atoms with E-state index in [0.29, 0.717) is 24.7 Å². The lowest BCUT2D eigenvalue weighted by atomic mass is 10.1. The predicted molar refractivity (Wildman–Crippen MR) is 65.0 cm³/mol. The molecular weight excluding hydrogens is 239 g/mol. The molecule has 2 heterocycles. The average Bonchev–Trinajstić information content (AvgIpc) is 2.37. The number of alkyl halides is 1. The number of ether oxygens (including phenoxy) is 1. The van der Waals surface area contributed by atoms with Crippen molar-refractivity contribution in [1.29, 1.82) is 0 Å². The van der Waals surface area contributed by atoms with E-state index in [0.717, 1.165) is 0 Å². The molecule has 7 heteroatoms. The lowest BCUT2D eigenvalue weighted by Crippen LogP contribution is -2.46. The van der Waals surface area contributed by atoms with Crippen LogP contribution in [0.1, 0.15) is 6.42 Å². The van der Waals surface area contributed by atoms with Crippen LogP contribution in [0, 0.1) is 0 Å². The second-order valence-electron chi connectivity index (χ2n) is 4.17. The number of hydrogen-bond acceptors (Lipinski definition) is 6. The maximum atomic E-state index is 13.9. The minimum absolute atomic E-state index is 0.0920. The van der Waals surface area contributed by atoms with Gasteiger partial charge in [0, 0.05) is 12.7 Å². The Morgan fingerprint density at radius 3 is 3.11 bits per heavy atom. The number of nitrogen functional groups attached to an aromatic ring is 1. The average molecular weight is 256 g/mol. The number of piperidine rings is 1. The number of nitrogens with two attached hydrogens (primary N) is 1. The zero-order valence-electron chi connectivity index (χ0n) is 10.00. The highest BCUT2D eigenvalue weighted by Gasteiger charge is 2.30. The summed E-state index contributed by atoms with van der Waals surface area (Å²) in [6, 6.07) is 1.59. The molecule has 0 aromatic carbocycles. The molecule has 1 aromatic rings. The summed E-state index contributed by atoms with van der Waals surface area (Å²) in [5.74, 6) is 0.812. The van der Waals surface area contributed by atoms with E-state index in [9.17, 15) is 4.39 Å². The highest BCUT2D eigenvalue weighted by molar-refractivity contribution is 5.38. The first-order valence-electron chi connectivity index (χ1n) is 5.90.